The summed E-state index contributed by atoms with van der Waals surface area (Å²) in [6, 6.07) is 8.66. The number of nitrogens with one attached hydrogen (secondary N) is 2. The van der Waals surface area contributed by atoms with Crippen molar-refractivity contribution in [3.8, 4) is 0 Å². The number of aliphatic imine (C=N–C) groups is 1. The smallest absolute Gasteiger partial charge is 0.248 e. The zero-order chi connectivity index (χ0) is 18.4. The van der Waals surface area contributed by atoms with Crippen LogP contribution in [-0.4, -0.2) is 49.0 Å². The topological polar surface area (TPSA) is 56.7 Å². The van der Waals surface area contributed by atoms with Crippen molar-refractivity contribution in [2.75, 3.05) is 30.8 Å². The van der Waals surface area contributed by atoms with Crippen molar-refractivity contribution in [3.63, 3.8) is 0 Å². The molecule has 0 radical (unpaired) electrons. The average molecular weight is 375 g/mol. The summed E-state index contributed by atoms with van der Waals surface area (Å²) >= 11 is 1.95. The first kappa shape index (κ1) is 19.1. The molecule has 1 aliphatic heterocycles. The van der Waals surface area contributed by atoms with Crippen LogP contribution in [0, 0.1) is 0 Å². The van der Waals surface area contributed by atoms with Gasteiger partial charge in [0.1, 0.15) is 6.54 Å². The van der Waals surface area contributed by atoms with Gasteiger partial charge in [0.05, 0.1) is 0 Å². The SMILES string of the molecule is CCNC(=NCC(=O)N1CCCc2ccccc21)NC1CCC(SC)C1. The molecule has 1 aliphatic carbocycles. The summed E-state index contributed by atoms with van der Waals surface area (Å²) < 4.78 is 0. The molecule has 0 aromatic heterocycles. The predicted octanol–water partition coefficient (Wildman–Crippen LogP) is 2.81. The number of carbonyl (C=O) groups excluding carboxylic acids is 1. The van der Waals surface area contributed by atoms with Gasteiger partial charge in [0, 0.05) is 30.1 Å². The van der Waals surface area contributed by atoms with Crippen molar-refractivity contribution in [2.45, 2.75) is 50.3 Å². The summed E-state index contributed by atoms with van der Waals surface area (Å²) in [6.45, 7) is 3.82. The van der Waals surface area contributed by atoms with E-state index in [2.05, 4.69) is 34.9 Å². The van der Waals surface area contributed by atoms with Crippen LogP contribution in [0.5, 0.6) is 0 Å². The molecule has 26 heavy (non-hydrogen) atoms. The molecule has 1 fully saturated rings. The molecule has 0 bridgehead atoms. The largest absolute Gasteiger partial charge is 0.357 e. The highest BCUT2D eigenvalue weighted by Crippen LogP contribution is 2.28. The second kappa shape index (κ2) is 9.31. The van der Waals surface area contributed by atoms with Crippen molar-refractivity contribution in [2.24, 2.45) is 4.99 Å². The molecule has 1 aromatic carbocycles. The van der Waals surface area contributed by atoms with Crippen LogP contribution in [0.15, 0.2) is 29.3 Å². The van der Waals surface area contributed by atoms with E-state index in [1.165, 1.54) is 24.8 Å². The second-order valence-electron chi connectivity index (χ2n) is 6.98. The summed E-state index contributed by atoms with van der Waals surface area (Å²) in [5.74, 6) is 0.834. The summed E-state index contributed by atoms with van der Waals surface area (Å²) in [5.41, 5.74) is 2.31. The third-order valence-electron chi connectivity index (χ3n) is 5.19. The van der Waals surface area contributed by atoms with E-state index in [1.54, 1.807) is 0 Å². The maximum atomic E-state index is 12.8. The number of guanidine groups is 1. The van der Waals surface area contributed by atoms with Gasteiger partial charge in [-0.3, -0.25) is 4.79 Å². The van der Waals surface area contributed by atoms with Gasteiger partial charge >= 0.3 is 0 Å². The summed E-state index contributed by atoms with van der Waals surface area (Å²) in [6.07, 6.45) is 7.83. The number of fused-ring (bicyclic) bond motifs is 1. The normalized spacial score (nSPS) is 22.8. The van der Waals surface area contributed by atoms with Crippen molar-refractivity contribution >= 4 is 29.3 Å². The highest BCUT2D eigenvalue weighted by atomic mass is 32.2. The number of thioether (sulfide) groups is 1. The zero-order valence-corrected chi connectivity index (χ0v) is 16.6. The zero-order valence-electron chi connectivity index (χ0n) is 15.8. The Balaban J connectivity index is 1.62. The molecule has 6 heteroatoms. The third kappa shape index (κ3) is 4.72. The number of carbonyl (C=O) groups is 1. The lowest BCUT2D eigenvalue weighted by Gasteiger charge is -2.29. The van der Waals surface area contributed by atoms with Crippen LogP contribution in [0.1, 0.15) is 38.2 Å². The van der Waals surface area contributed by atoms with E-state index in [0.717, 1.165) is 42.8 Å². The first-order chi connectivity index (χ1) is 12.7. The van der Waals surface area contributed by atoms with Crippen molar-refractivity contribution in [3.05, 3.63) is 29.8 Å². The van der Waals surface area contributed by atoms with Crippen LogP contribution in [0.25, 0.3) is 0 Å². The van der Waals surface area contributed by atoms with Gasteiger partial charge in [-0.2, -0.15) is 11.8 Å². The predicted molar refractivity (Wildman–Crippen MR) is 111 cm³/mol. The second-order valence-corrected chi connectivity index (χ2v) is 8.12. The maximum Gasteiger partial charge on any atom is 0.248 e. The fourth-order valence-corrected chi connectivity index (χ4v) is 4.62. The highest BCUT2D eigenvalue weighted by molar-refractivity contribution is 7.99. The van der Waals surface area contributed by atoms with Crippen molar-refractivity contribution in [1.29, 1.82) is 0 Å². The summed E-state index contributed by atoms with van der Waals surface area (Å²) in [7, 11) is 0. The van der Waals surface area contributed by atoms with E-state index in [0.29, 0.717) is 6.04 Å². The molecule has 1 saturated carbocycles. The lowest BCUT2D eigenvalue weighted by atomic mass is 10.0. The van der Waals surface area contributed by atoms with E-state index in [4.69, 9.17) is 0 Å². The van der Waals surface area contributed by atoms with Crippen LogP contribution in [-0.2, 0) is 11.2 Å². The van der Waals surface area contributed by atoms with Gasteiger partial charge in [0.25, 0.3) is 0 Å². The summed E-state index contributed by atoms with van der Waals surface area (Å²) in [5, 5.41) is 7.53. The third-order valence-corrected chi connectivity index (χ3v) is 6.28. The minimum atomic E-state index is 0.0720. The van der Waals surface area contributed by atoms with E-state index in [9.17, 15) is 4.79 Å². The van der Waals surface area contributed by atoms with Crippen LogP contribution in [0.4, 0.5) is 5.69 Å². The van der Waals surface area contributed by atoms with Crippen molar-refractivity contribution < 1.29 is 4.79 Å². The van der Waals surface area contributed by atoms with E-state index >= 15 is 0 Å². The Morgan fingerprint density at radius 3 is 2.96 bits per heavy atom. The van der Waals surface area contributed by atoms with Gasteiger partial charge < -0.3 is 15.5 Å². The van der Waals surface area contributed by atoms with Crippen molar-refractivity contribution in [1.82, 2.24) is 10.6 Å². The molecule has 1 heterocycles. The standard InChI is InChI=1S/C20H30N4OS/c1-3-21-20(23-16-10-11-17(13-16)26-2)22-14-19(25)24-12-6-8-15-7-4-5-9-18(15)24/h4-5,7,9,16-17H,3,6,8,10-14H2,1-2H3,(H2,21,22,23). The first-order valence-corrected chi connectivity index (χ1v) is 11.0. The van der Waals surface area contributed by atoms with Gasteiger partial charge in [-0.1, -0.05) is 18.2 Å². The van der Waals surface area contributed by atoms with E-state index in [1.807, 2.05) is 34.9 Å². The number of hydrogen-bond donors (Lipinski definition) is 2. The molecule has 0 spiro atoms. The Morgan fingerprint density at radius 1 is 1.35 bits per heavy atom. The number of hydrogen-bond acceptors (Lipinski definition) is 3. The minimum absolute atomic E-state index is 0.0720. The Hall–Kier alpha value is -1.69. The van der Waals surface area contributed by atoms with Gasteiger partial charge in [0.2, 0.25) is 5.91 Å². The van der Waals surface area contributed by atoms with E-state index < -0.39 is 0 Å². The Kier molecular flexibility index (Phi) is 6.83. The van der Waals surface area contributed by atoms with E-state index in [-0.39, 0.29) is 12.5 Å². The minimum Gasteiger partial charge on any atom is -0.357 e. The lowest BCUT2D eigenvalue weighted by molar-refractivity contribution is -0.117. The van der Waals surface area contributed by atoms with Gasteiger partial charge in [-0.05, 0) is 56.9 Å². The molecule has 0 saturated heterocycles. The molecular weight excluding hydrogens is 344 g/mol. The molecule has 2 N–H and O–H groups in total. The Bertz CT molecular complexity index is 648. The molecule has 5 nitrogen and oxygen atoms in total. The molecular formula is C20H30N4OS. The quantitative estimate of drug-likeness (QED) is 0.615. The molecule has 1 amide bonds. The maximum absolute atomic E-state index is 12.8. The van der Waals surface area contributed by atoms with Crippen LogP contribution in [0.2, 0.25) is 0 Å². The molecule has 142 valence electrons. The Morgan fingerprint density at radius 2 is 2.19 bits per heavy atom. The van der Waals surface area contributed by atoms with Gasteiger partial charge in [0.15, 0.2) is 5.96 Å². The molecule has 2 atom stereocenters. The number of nitrogens with zero attached hydrogens (tertiary/aromatic N) is 2. The number of anilines is 1. The molecule has 1 aromatic rings. The average Bonchev–Trinajstić information content (AvgIpc) is 3.13. The lowest BCUT2D eigenvalue weighted by Crippen LogP contribution is -2.44. The number of para-hydroxylation sites is 1. The van der Waals surface area contributed by atoms with Gasteiger partial charge in [-0.15, -0.1) is 0 Å². The fraction of sp³-hybridized carbons (Fsp3) is 0.600. The number of rotatable bonds is 5. The van der Waals surface area contributed by atoms with Crippen LogP contribution >= 0.6 is 11.8 Å². The Labute approximate surface area is 161 Å². The molecule has 2 aliphatic rings. The van der Waals surface area contributed by atoms with Gasteiger partial charge in [-0.25, -0.2) is 4.99 Å². The number of benzene rings is 1. The number of amides is 1. The highest BCUT2D eigenvalue weighted by Gasteiger charge is 2.25. The van der Waals surface area contributed by atoms with Crippen LogP contribution in [0.3, 0.4) is 0 Å². The number of aryl methyl sites for hydroxylation is 1. The summed E-state index contributed by atoms with van der Waals surface area (Å²) in [4.78, 5) is 19.2. The monoisotopic (exact) mass is 374 g/mol. The molecule has 2 unspecified atom stereocenters. The first-order valence-electron chi connectivity index (χ1n) is 9.67. The fourth-order valence-electron chi connectivity index (χ4n) is 3.82. The van der Waals surface area contributed by atoms with Crippen LogP contribution < -0.4 is 15.5 Å². The molecule has 3 rings (SSSR count).